The van der Waals surface area contributed by atoms with Crippen molar-refractivity contribution in [3.05, 3.63) is 35.9 Å². The van der Waals surface area contributed by atoms with E-state index in [1.54, 1.807) is 0 Å². The van der Waals surface area contributed by atoms with Crippen molar-refractivity contribution in [2.75, 3.05) is 13.1 Å². The van der Waals surface area contributed by atoms with Crippen LogP contribution in [0.1, 0.15) is 51.5 Å². The molecule has 1 aromatic rings. The van der Waals surface area contributed by atoms with E-state index in [4.69, 9.17) is 0 Å². The van der Waals surface area contributed by atoms with Gasteiger partial charge in [-0.2, -0.15) is 0 Å². The highest BCUT2D eigenvalue weighted by atomic mass is 16.2. The summed E-state index contributed by atoms with van der Waals surface area (Å²) in [4.78, 5) is 14.2. The van der Waals surface area contributed by atoms with Gasteiger partial charge in [0.05, 0.1) is 0 Å². The van der Waals surface area contributed by atoms with Crippen LogP contribution in [-0.4, -0.2) is 23.9 Å². The number of amides is 1. The van der Waals surface area contributed by atoms with E-state index in [0.29, 0.717) is 18.2 Å². The van der Waals surface area contributed by atoms with Crippen molar-refractivity contribution in [2.24, 2.45) is 5.41 Å². The molecule has 104 valence electrons. The van der Waals surface area contributed by atoms with Crippen LogP contribution < -0.4 is 0 Å². The van der Waals surface area contributed by atoms with Gasteiger partial charge < -0.3 is 4.90 Å². The Morgan fingerprint density at radius 1 is 1.16 bits per heavy atom. The molecule has 19 heavy (non-hydrogen) atoms. The van der Waals surface area contributed by atoms with Gasteiger partial charge in [-0.25, -0.2) is 0 Å². The first-order valence-corrected chi connectivity index (χ1v) is 7.28. The molecule has 0 radical (unpaired) electrons. The second kappa shape index (κ2) is 5.77. The minimum absolute atomic E-state index is 0.0906. The monoisotopic (exact) mass is 259 g/mol. The third kappa shape index (κ3) is 4.09. The fourth-order valence-electron chi connectivity index (χ4n) is 2.75. The molecule has 1 fully saturated rings. The van der Waals surface area contributed by atoms with Crippen LogP contribution in [0.25, 0.3) is 0 Å². The van der Waals surface area contributed by atoms with Crippen LogP contribution in [-0.2, 0) is 4.79 Å². The van der Waals surface area contributed by atoms with Gasteiger partial charge >= 0.3 is 0 Å². The van der Waals surface area contributed by atoms with Crippen molar-refractivity contribution in [3.8, 4) is 0 Å². The second-order valence-electron chi connectivity index (χ2n) is 6.80. The van der Waals surface area contributed by atoms with Crippen LogP contribution in [0.5, 0.6) is 0 Å². The summed E-state index contributed by atoms with van der Waals surface area (Å²) in [5.74, 6) is 0.943. The van der Waals surface area contributed by atoms with E-state index in [1.807, 2.05) is 4.90 Å². The Morgan fingerprint density at radius 2 is 1.74 bits per heavy atom. The molecule has 1 amide bonds. The van der Waals surface area contributed by atoms with Gasteiger partial charge in [-0.1, -0.05) is 51.1 Å². The highest BCUT2D eigenvalue weighted by molar-refractivity contribution is 5.76. The predicted molar refractivity (Wildman–Crippen MR) is 79.1 cm³/mol. The van der Waals surface area contributed by atoms with Crippen LogP contribution in [0.3, 0.4) is 0 Å². The summed E-state index contributed by atoms with van der Waals surface area (Å²) in [6, 6.07) is 10.7. The van der Waals surface area contributed by atoms with Gasteiger partial charge in [0, 0.05) is 19.5 Å². The van der Waals surface area contributed by atoms with Gasteiger partial charge in [0.2, 0.25) is 5.91 Å². The SMILES string of the molecule is CC(C)(C)CC(=O)N1CCC(c2ccccc2)CC1. The Kier molecular flexibility index (Phi) is 4.28. The molecular formula is C17H25NO. The first kappa shape index (κ1) is 14.1. The zero-order valence-corrected chi connectivity index (χ0v) is 12.4. The molecule has 1 aromatic carbocycles. The maximum atomic E-state index is 12.2. The van der Waals surface area contributed by atoms with Gasteiger partial charge in [0.1, 0.15) is 0 Å². The van der Waals surface area contributed by atoms with E-state index >= 15 is 0 Å². The highest BCUT2D eigenvalue weighted by Crippen LogP contribution is 2.29. The minimum Gasteiger partial charge on any atom is -0.343 e. The standard InChI is InChI=1S/C17H25NO/c1-17(2,3)13-16(19)18-11-9-15(10-12-18)14-7-5-4-6-8-14/h4-8,15H,9-13H2,1-3H3. The Hall–Kier alpha value is -1.31. The lowest BCUT2D eigenvalue weighted by molar-refractivity contribution is -0.134. The fourth-order valence-corrected chi connectivity index (χ4v) is 2.75. The quantitative estimate of drug-likeness (QED) is 0.790. The summed E-state index contributed by atoms with van der Waals surface area (Å²) in [7, 11) is 0. The van der Waals surface area contributed by atoms with E-state index in [-0.39, 0.29) is 5.41 Å². The Bertz CT molecular complexity index is 411. The minimum atomic E-state index is 0.0906. The number of rotatable bonds is 2. The maximum Gasteiger partial charge on any atom is 0.223 e. The number of benzene rings is 1. The number of piperidine rings is 1. The van der Waals surface area contributed by atoms with Gasteiger partial charge in [0.15, 0.2) is 0 Å². The number of carbonyl (C=O) groups excluding carboxylic acids is 1. The van der Waals surface area contributed by atoms with E-state index in [2.05, 4.69) is 51.1 Å². The van der Waals surface area contributed by atoms with Gasteiger partial charge in [-0.15, -0.1) is 0 Å². The molecule has 2 nitrogen and oxygen atoms in total. The molecule has 1 heterocycles. The molecule has 0 bridgehead atoms. The van der Waals surface area contributed by atoms with Crippen molar-refractivity contribution >= 4 is 5.91 Å². The van der Waals surface area contributed by atoms with Crippen molar-refractivity contribution in [2.45, 2.75) is 46.0 Å². The number of hydrogen-bond acceptors (Lipinski definition) is 1. The van der Waals surface area contributed by atoms with Crippen LogP contribution in [0, 0.1) is 5.41 Å². The molecule has 0 atom stereocenters. The number of nitrogens with zero attached hydrogens (tertiary/aromatic N) is 1. The predicted octanol–water partition coefficient (Wildman–Crippen LogP) is 3.83. The Labute approximate surface area is 116 Å². The topological polar surface area (TPSA) is 20.3 Å². The molecule has 1 aliphatic rings. The van der Waals surface area contributed by atoms with Crippen molar-refractivity contribution < 1.29 is 4.79 Å². The number of hydrogen-bond donors (Lipinski definition) is 0. The maximum absolute atomic E-state index is 12.2. The third-order valence-electron chi connectivity index (χ3n) is 3.80. The molecule has 1 saturated heterocycles. The van der Waals surface area contributed by atoms with Crippen molar-refractivity contribution in [1.82, 2.24) is 4.90 Å². The van der Waals surface area contributed by atoms with Gasteiger partial charge in [0.25, 0.3) is 0 Å². The molecular weight excluding hydrogens is 234 g/mol. The zero-order chi connectivity index (χ0) is 13.9. The fraction of sp³-hybridized carbons (Fsp3) is 0.588. The Morgan fingerprint density at radius 3 is 2.26 bits per heavy atom. The molecule has 1 aliphatic heterocycles. The third-order valence-corrected chi connectivity index (χ3v) is 3.80. The van der Waals surface area contributed by atoms with E-state index < -0.39 is 0 Å². The molecule has 0 unspecified atom stereocenters. The molecule has 2 rings (SSSR count). The molecule has 0 spiro atoms. The van der Waals surface area contributed by atoms with Crippen molar-refractivity contribution in [1.29, 1.82) is 0 Å². The van der Waals surface area contributed by atoms with E-state index in [9.17, 15) is 4.79 Å². The number of carbonyl (C=O) groups is 1. The molecule has 0 saturated carbocycles. The van der Waals surface area contributed by atoms with E-state index in [1.165, 1.54) is 5.56 Å². The first-order valence-electron chi connectivity index (χ1n) is 7.28. The summed E-state index contributed by atoms with van der Waals surface area (Å²) in [6.45, 7) is 8.20. The summed E-state index contributed by atoms with van der Waals surface area (Å²) in [5.41, 5.74) is 1.51. The average Bonchev–Trinajstić information content (AvgIpc) is 2.38. The lowest BCUT2D eigenvalue weighted by Gasteiger charge is -2.34. The molecule has 0 N–H and O–H groups in total. The zero-order valence-electron chi connectivity index (χ0n) is 12.4. The second-order valence-corrected chi connectivity index (χ2v) is 6.80. The first-order chi connectivity index (χ1) is 8.96. The lowest BCUT2D eigenvalue weighted by atomic mass is 9.88. The van der Waals surface area contributed by atoms with Crippen LogP contribution in [0.15, 0.2) is 30.3 Å². The summed E-state index contributed by atoms with van der Waals surface area (Å²) >= 11 is 0. The molecule has 0 aliphatic carbocycles. The van der Waals surface area contributed by atoms with Gasteiger partial charge in [-0.05, 0) is 29.7 Å². The van der Waals surface area contributed by atoms with E-state index in [0.717, 1.165) is 25.9 Å². The Balaban J connectivity index is 1.88. The normalized spacial score (nSPS) is 17.5. The summed E-state index contributed by atoms with van der Waals surface area (Å²) in [6.07, 6.45) is 2.85. The smallest absolute Gasteiger partial charge is 0.223 e. The number of likely N-dealkylation sites (tertiary alicyclic amines) is 1. The largest absolute Gasteiger partial charge is 0.343 e. The van der Waals surface area contributed by atoms with Crippen LogP contribution >= 0.6 is 0 Å². The van der Waals surface area contributed by atoms with Crippen molar-refractivity contribution in [3.63, 3.8) is 0 Å². The summed E-state index contributed by atoms with van der Waals surface area (Å²) < 4.78 is 0. The van der Waals surface area contributed by atoms with Crippen LogP contribution in [0.2, 0.25) is 0 Å². The van der Waals surface area contributed by atoms with Crippen LogP contribution in [0.4, 0.5) is 0 Å². The lowest BCUT2D eigenvalue weighted by Crippen LogP contribution is -2.39. The van der Waals surface area contributed by atoms with Gasteiger partial charge in [-0.3, -0.25) is 4.79 Å². The highest BCUT2D eigenvalue weighted by Gasteiger charge is 2.26. The summed E-state index contributed by atoms with van der Waals surface area (Å²) in [5, 5.41) is 0. The average molecular weight is 259 g/mol. The molecule has 2 heteroatoms. The molecule has 0 aromatic heterocycles.